The molecule has 0 spiro atoms. The number of rotatable bonds is 6. The number of hydrogen-bond acceptors (Lipinski definition) is 8. The number of aromatic hydroxyl groups is 1. The number of phenols is 1. The first-order valence-corrected chi connectivity index (χ1v) is 10.2. The van der Waals surface area contributed by atoms with Gasteiger partial charge in [-0.25, -0.2) is 9.97 Å². The molecule has 1 aromatic heterocycles. The van der Waals surface area contributed by atoms with Crippen molar-refractivity contribution in [2.75, 3.05) is 10.0 Å². The monoisotopic (exact) mass is 433 g/mol. The lowest BCUT2D eigenvalue weighted by atomic mass is 10.2. The normalized spacial score (nSPS) is 10.8. The summed E-state index contributed by atoms with van der Waals surface area (Å²) < 4.78 is 3.16. The number of hydrogen-bond donors (Lipinski definition) is 3. The third-order valence-corrected chi connectivity index (χ3v) is 5.41. The van der Waals surface area contributed by atoms with Gasteiger partial charge < -0.3 is 15.1 Å². The number of nitrogens with one attached hydrogen (secondary N) is 2. The van der Waals surface area contributed by atoms with Crippen LogP contribution in [0.1, 0.15) is 11.1 Å². The average molecular weight is 433 g/mol. The molecule has 9 heteroatoms. The van der Waals surface area contributed by atoms with Crippen molar-refractivity contribution < 1.29 is 10.0 Å². The fourth-order valence-electron chi connectivity index (χ4n) is 3.04. The standard InChI is InChI=1S/C22H19N5O3S/c1-13-10-15(27(29)30)12-16(11-13)31-26-22-21(23-17-8-5-9-20(28)14(17)2)24-18-6-3-4-7-19(18)25-22/h3-12,28H,1-2H3,(H,23,24)(H,25,26). The van der Waals surface area contributed by atoms with E-state index >= 15 is 0 Å². The maximum atomic E-state index is 11.2. The first kappa shape index (κ1) is 20.4. The van der Waals surface area contributed by atoms with Gasteiger partial charge in [-0.2, -0.15) is 0 Å². The van der Waals surface area contributed by atoms with E-state index in [1.165, 1.54) is 24.1 Å². The molecule has 0 unspecified atom stereocenters. The molecule has 0 fully saturated rings. The zero-order valence-electron chi connectivity index (χ0n) is 16.8. The second kappa shape index (κ2) is 8.49. The fourth-order valence-corrected chi connectivity index (χ4v) is 3.83. The third kappa shape index (κ3) is 4.51. The summed E-state index contributed by atoms with van der Waals surface area (Å²) in [6.45, 7) is 3.62. The van der Waals surface area contributed by atoms with Crippen LogP contribution in [0.4, 0.5) is 23.0 Å². The molecule has 3 N–H and O–H groups in total. The number of para-hydroxylation sites is 2. The number of nitrogens with zero attached hydrogens (tertiary/aromatic N) is 3. The molecular weight excluding hydrogens is 414 g/mol. The minimum absolute atomic E-state index is 0.0302. The predicted molar refractivity (Wildman–Crippen MR) is 123 cm³/mol. The first-order valence-electron chi connectivity index (χ1n) is 9.42. The highest BCUT2D eigenvalue weighted by Crippen LogP contribution is 2.33. The largest absolute Gasteiger partial charge is 0.508 e. The molecule has 0 amide bonds. The van der Waals surface area contributed by atoms with Crippen LogP contribution in [0.5, 0.6) is 5.75 Å². The zero-order chi connectivity index (χ0) is 22.0. The minimum atomic E-state index is -0.412. The lowest BCUT2D eigenvalue weighted by molar-refractivity contribution is -0.385. The summed E-state index contributed by atoms with van der Waals surface area (Å²) in [5.74, 6) is 1.12. The van der Waals surface area contributed by atoms with Crippen LogP contribution in [0.15, 0.2) is 65.6 Å². The number of fused-ring (bicyclic) bond motifs is 1. The van der Waals surface area contributed by atoms with Crippen molar-refractivity contribution >= 4 is 46.0 Å². The van der Waals surface area contributed by atoms with Crippen molar-refractivity contribution in [3.8, 4) is 5.75 Å². The van der Waals surface area contributed by atoms with Crippen molar-refractivity contribution in [3.63, 3.8) is 0 Å². The molecule has 0 aliphatic heterocycles. The smallest absolute Gasteiger partial charge is 0.270 e. The number of aromatic nitrogens is 2. The van der Waals surface area contributed by atoms with Crippen LogP contribution in [0.25, 0.3) is 11.0 Å². The summed E-state index contributed by atoms with van der Waals surface area (Å²) in [5, 5.41) is 24.4. The molecule has 0 saturated carbocycles. The summed E-state index contributed by atoms with van der Waals surface area (Å²) >= 11 is 1.21. The van der Waals surface area contributed by atoms with E-state index in [0.717, 1.165) is 5.56 Å². The third-order valence-electron chi connectivity index (χ3n) is 4.64. The maximum Gasteiger partial charge on any atom is 0.270 e. The zero-order valence-corrected chi connectivity index (χ0v) is 17.6. The van der Waals surface area contributed by atoms with Gasteiger partial charge in [-0.3, -0.25) is 10.1 Å². The van der Waals surface area contributed by atoms with Gasteiger partial charge in [-0.05, 0) is 61.7 Å². The Hall–Kier alpha value is -3.85. The molecule has 0 aliphatic carbocycles. The van der Waals surface area contributed by atoms with E-state index < -0.39 is 4.92 Å². The predicted octanol–water partition coefficient (Wildman–Crippen LogP) is 5.72. The van der Waals surface area contributed by atoms with Crippen molar-refractivity contribution in [1.29, 1.82) is 0 Å². The first-order chi connectivity index (χ1) is 14.9. The number of non-ortho nitro benzene ring substituents is 1. The summed E-state index contributed by atoms with van der Waals surface area (Å²) in [6.07, 6.45) is 0. The van der Waals surface area contributed by atoms with E-state index in [0.29, 0.717) is 38.8 Å². The molecule has 0 bridgehead atoms. The van der Waals surface area contributed by atoms with Crippen molar-refractivity contribution in [2.24, 2.45) is 0 Å². The quantitative estimate of drug-likeness (QED) is 0.201. The Balaban J connectivity index is 1.70. The Morgan fingerprint density at radius 1 is 0.968 bits per heavy atom. The lowest BCUT2D eigenvalue weighted by Crippen LogP contribution is -2.03. The van der Waals surface area contributed by atoms with Gasteiger partial charge in [0.05, 0.1) is 16.0 Å². The topological polar surface area (TPSA) is 113 Å². The number of benzene rings is 3. The van der Waals surface area contributed by atoms with E-state index in [2.05, 4.69) is 20.0 Å². The SMILES string of the molecule is Cc1cc(SNc2nc3ccccc3nc2Nc2cccc(O)c2C)cc([N+](=O)[O-])c1. The number of phenolic OH excluding ortho intramolecular Hbond substituents is 1. The molecule has 0 radical (unpaired) electrons. The lowest BCUT2D eigenvalue weighted by Gasteiger charge is -2.15. The van der Waals surface area contributed by atoms with E-state index in [1.54, 1.807) is 19.1 Å². The van der Waals surface area contributed by atoms with Crippen LogP contribution in [0.2, 0.25) is 0 Å². The molecule has 4 rings (SSSR count). The molecule has 3 aromatic carbocycles. The number of anilines is 3. The van der Waals surface area contributed by atoms with Crippen LogP contribution in [-0.4, -0.2) is 20.0 Å². The van der Waals surface area contributed by atoms with Gasteiger partial charge in [0.25, 0.3) is 5.69 Å². The number of nitro groups is 1. The second-order valence-corrected chi connectivity index (χ2v) is 7.83. The summed E-state index contributed by atoms with van der Waals surface area (Å²) in [7, 11) is 0. The van der Waals surface area contributed by atoms with E-state index in [1.807, 2.05) is 43.3 Å². The number of nitro benzene ring substituents is 1. The minimum Gasteiger partial charge on any atom is -0.508 e. The molecule has 156 valence electrons. The van der Waals surface area contributed by atoms with E-state index in [9.17, 15) is 15.2 Å². The number of aryl methyl sites for hydroxylation is 1. The van der Waals surface area contributed by atoms with Crippen molar-refractivity contribution in [2.45, 2.75) is 18.7 Å². The van der Waals surface area contributed by atoms with Crippen molar-refractivity contribution in [3.05, 3.63) is 81.9 Å². The Kier molecular flexibility index (Phi) is 5.59. The summed E-state index contributed by atoms with van der Waals surface area (Å²) in [6, 6.07) is 17.6. The molecule has 31 heavy (non-hydrogen) atoms. The van der Waals surface area contributed by atoms with Crippen LogP contribution < -0.4 is 10.0 Å². The van der Waals surface area contributed by atoms with Crippen molar-refractivity contribution in [1.82, 2.24) is 9.97 Å². The average Bonchev–Trinajstić information content (AvgIpc) is 2.75. The molecule has 1 heterocycles. The molecule has 4 aromatic rings. The maximum absolute atomic E-state index is 11.2. The van der Waals surface area contributed by atoms with E-state index in [-0.39, 0.29) is 11.4 Å². The Labute approximate surface area is 182 Å². The van der Waals surface area contributed by atoms with Crippen LogP contribution in [-0.2, 0) is 0 Å². The molecule has 0 saturated heterocycles. The Morgan fingerprint density at radius 3 is 2.39 bits per heavy atom. The van der Waals surface area contributed by atoms with Crippen LogP contribution in [0.3, 0.4) is 0 Å². The Morgan fingerprint density at radius 2 is 1.68 bits per heavy atom. The van der Waals surface area contributed by atoms with Gasteiger partial charge in [0.15, 0.2) is 11.6 Å². The van der Waals surface area contributed by atoms with Gasteiger partial charge in [0.1, 0.15) is 5.75 Å². The fraction of sp³-hybridized carbons (Fsp3) is 0.0909. The molecular formula is C22H19N5O3S. The van der Waals surface area contributed by atoms with Crippen LogP contribution in [0, 0.1) is 24.0 Å². The van der Waals surface area contributed by atoms with Gasteiger partial charge in [0.2, 0.25) is 0 Å². The summed E-state index contributed by atoms with van der Waals surface area (Å²) in [5.41, 5.74) is 3.62. The highest BCUT2D eigenvalue weighted by atomic mass is 32.2. The van der Waals surface area contributed by atoms with Gasteiger partial charge in [0, 0.05) is 28.3 Å². The molecule has 8 nitrogen and oxygen atoms in total. The van der Waals surface area contributed by atoms with Gasteiger partial charge in [-0.15, -0.1) is 0 Å². The highest BCUT2D eigenvalue weighted by molar-refractivity contribution is 8.00. The van der Waals surface area contributed by atoms with Crippen LogP contribution >= 0.6 is 11.9 Å². The highest BCUT2D eigenvalue weighted by Gasteiger charge is 2.14. The molecule has 0 aliphatic rings. The van der Waals surface area contributed by atoms with E-state index in [4.69, 9.17) is 0 Å². The molecule has 0 atom stereocenters. The second-order valence-electron chi connectivity index (χ2n) is 6.95. The summed E-state index contributed by atoms with van der Waals surface area (Å²) in [4.78, 5) is 20.8. The Bertz CT molecular complexity index is 1300. The van der Waals surface area contributed by atoms with Gasteiger partial charge in [-0.1, -0.05) is 18.2 Å². The van der Waals surface area contributed by atoms with Gasteiger partial charge >= 0.3 is 0 Å².